The van der Waals surface area contributed by atoms with Gasteiger partial charge in [0, 0.05) is 31.7 Å². The molecule has 0 bridgehead atoms. The van der Waals surface area contributed by atoms with Crippen LogP contribution in [-0.2, 0) is 4.79 Å². The molecule has 0 aromatic carbocycles. The fourth-order valence-corrected chi connectivity index (χ4v) is 4.01. The Labute approximate surface area is 128 Å². The minimum absolute atomic E-state index is 0. The average Bonchev–Trinajstić information content (AvgIpc) is 2.83. The number of hydrogen-bond acceptors (Lipinski definition) is 3. The Balaban J connectivity index is 0.00000147. The highest BCUT2D eigenvalue weighted by molar-refractivity contribution is 5.85. The van der Waals surface area contributed by atoms with E-state index in [-0.39, 0.29) is 18.3 Å². The molecular weight excluding hydrogens is 274 g/mol. The van der Waals surface area contributed by atoms with Crippen molar-refractivity contribution in [1.29, 1.82) is 0 Å². The Morgan fingerprint density at radius 2 is 1.95 bits per heavy atom. The van der Waals surface area contributed by atoms with Crippen molar-refractivity contribution in [3.05, 3.63) is 0 Å². The Morgan fingerprint density at radius 3 is 2.65 bits per heavy atom. The molecule has 3 saturated heterocycles. The van der Waals surface area contributed by atoms with E-state index in [0.717, 1.165) is 26.2 Å². The molecule has 3 aliphatic heterocycles. The van der Waals surface area contributed by atoms with Crippen molar-refractivity contribution in [3.63, 3.8) is 0 Å². The maximum atomic E-state index is 12.8. The summed E-state index contributed by atoms with van der Waals surface area (Å²) in [6.07, 6.45) is 3.94. The monoisotopic (exact) mass is 301 g/mol. The van der Waals surface area contributed by atoms with Crippen LogP contribution in [0.2, 0.25) is 0 Å². The first kappa shape index (κ1) is 16.1. The van der Waals surface area contributed by atoms with Crippen LogP contribution in [0.5, 0.6) is 0 Å². The lowest BCUT2D eigenvalue weighted by Crippen LogP contribution is -2.61. The number of piperazine rings is 1. The zero-order valence-electron chi connectivity index (χ0n) is 12.7. The van der Waals surface area contributed by atoms with Crippen molar-refractivity contribution in [3.8, 4) is 0 Å². The highest BCUT2D eigenvalue weighted by atomic mass is 35.5. The molecule has 3 rings (SSSR count). The third kappa shape index (κ3) is 2.97. The molecule has 5 heteroatoms. The first-order chi connectivity index (χ1) is 9.16. The molecule has 1 amide bonds. The average molecular weight is 302 g/mol. The number of piperidine rings is 1. The van der Waals surface area contributed by atoms with Crippen LogP contribution < -0.4 is 5.32 Å². The number of nitrogens with one attached hydrogen (secondary N) is 1. The standard InChI is InChI=1S/C15H27N3O.ClH/c1-11-7-16-8-14(11)15(19)18-10-13-5-3-4-6-17(13)9-12(18)2;/h11-14,16H,3-10H2,1-2H3;1H/t11-,12?,13?,14-;/m1./s1. The number of fused-ring (bicyclic) bond motifs is 1. The van der Waals surface area contributed by atoms with E-state index < -0.39 is 0 Å². The van der Waals surface area contributed by atoms with Gasteiger partial charge in [-0.3, -0.25) is 9.69 Å². The van der Waals surface area contributed by atoms with Crippen LogP contribution in [0.15, 0.2) is 0 Å². The summed E-state index contributed by atoms with van der Waals surface area (Å²) in [6.45, 7) is 9.55. The van der Waals surface area contributed by atoms with Crippen LogP contribution in [-0.4, -0.2) is 60.5 Å². The number of amides is 1. The molecular formula is C15H28ClN3O. The van der Waals surface area contributed by atoms with Crippen LogP contribution in [0.1, 0.15) is 33.1 Å². The molecule has 4 atom stereocenters. The van der Waals surface area contributed by atoms with Crippen molar-refractivity contribution >= 4 is 18.3 Å². The van der Waals surface area contributed by atoms with Gasteiger partial charge in [-0.15, -0.1) is 12.4 Å². The second-order valence-corrected chi connectivity index (χ2v) is 6.73. The summed E-state index contributed by atoms with van der Waals surface area (Å²) in [7, 11) is 0. The second-order valence-electron chi connectivity index (χ2n) is 6.73. The van der Waals surface area contributed by atoms with Gasteiger partial charge in [0.2, 0.25) is 5.91 Å². The Hall–Kier alpha value is -0.320. The molecule has 3 aliphatic rings. The van der Waals surface area contributed by atoms with Gasteiger partial charge in [0.05, 0.1) is 5.92 Å². The molecule has 1 N–H and O–H groups in total. The van der Waals surface area contributed by atoms with E-state index in [1.807, 2.05) is 0 Å². The number of carbonyl (C=O) groups excluding carboxylic acids is 1. The zero-order valence-corrected chi connectivity index (χ0v) is 13.5. The highest BCUT2D eigenvalue weighted by Crippen LogP contribution is 2.27. The molecule has 0 saturated carbocycles. The number of carbonyl (C=O) groups is 1. The lowest BCUT2D eigenvalue weighted by molar-refractivity contribution is -0.143. The van der Waals surface area contributed by atoms with Crippen molar-refractivity contribution < 1.29 is 4.79 Å². The van der Waals surface area contributed by atoms with E-state index in [9.17, 15) is 4.79 Å². The SMILES string of the molecule is CC1CN2CCCCC2CN1C(=O)[C@@H]1CNC[C@H]1C.Cl. The van der Waals surface area contributed by atoms with Crippen LogP contribution in [0.25, 0.3) is 0 Å². The number of rotatable bonds is 1. The number of hydrogen-bond donors (Lipinski definition) is 1. The van der Waals surface area contributed by atoms with Crippen LogP contribution in [0.3, 0.4) is 0 Å². The summed E-state index contributed by atoms with van der Waals surface area (Å²) in [5, 5.41) is 3.36. The largest absolute Gasteiger partial charge is 0.337 e. The molecule has 20 heavy (non-hydrogen) atoms. The van der Waals surface area contributed by atoms with Gasteiger partial charge in [-0.05, 0) is 38.8 Å². The van der Waals surface area contributed by atoms with Crippen molar-refractivity contribution in [2.45, 2.75) is 45.2 Å². The summed E-state index contributed by atoms with van der Waals surface area (Å²) in [4.78, 5) is 17.5. The van der Waals surface area contributed by atoms with Gasteiger partial charge in [-0.1, -0.05) is 13.3 Å². The molecule has 0 aliphatic carbocycles. The third-order valence-corrected chi connectivity index (χ3v) is 5.31. The molecule has 4 nitrogen and oxygen atoms in total. The Kier molecular flexibility index (Phi) is 5.32. The summed E-state index contributed by atoms with van der Waals surface area (Å²) in [5.74, 6) is 1.09. The van der Waals surface area contributed by atoms with E-state index in [2.05, 4.69) is 29.0 Å². The zero-order chi connectivity index (χ0) is 13.4. The summed E-state index contributed by atoms with van der Waals surface area (Å²) in [5.41, 5.74) is 0. The van der Waals surface area contributed by atoms with Gasteiger partial charge in [0.25, 0.3) is 0 Å². The van der Waals surface area contributed by atoms with Crippen LogP contribution in [0.4, 0.5) is 0 Å². The second kappa shape index (κ2) is 6.63. The minimum Gasteiger partial charge on any atom is -0.337 e. The van der Waals surface area contributed by atoms with Gasteiger partial charge in [0.15, 0.2) is 0 Å². The fraction of sp³-hybridized carbons (Fsp3) is 0.933. The lowest BCUT2D eigenvalue weighted by atomic mass is 9.92. The summed E-state index contributed by atoms with van der Waals surface area (Å²) < 4.78 is 0. The molecule has 0 spiro atoms. The fourth-order valence-electron chi connectivity index (χ4n) is 4.01. The van der Waals surface area contributed by atoms with Gasteiger partial charge in [-0.25, -0.2) is 0 Å². The van der Waals surface area contributed by atoms with Crippen LogP contribution >= 0.6 is 12.4 Å². The van der Waals surface area contributed by atoms with Crippen molar-refractivity contribution in [2.75, 3.05) is 32.7 Å². The van der Waals surface area contributed by atoms with E-state index in [1.165, 1.54) is 25.8 Å². The molecule has 2 unspecified atom stereocenters. The first-order valence-electron chi connectivity index (χ1n) is 7.92. The smallest absolute Gasteiger partial charge is 0.227 e. The first-order valence-corrected chi connectivity index (χ1v) is 7.92. The molecule has 116 valence electrons. The quantitative estimate of drug-likeness (QED) is 0.794. The summed E-state index contributed by atoms with van der Waals surface area (Å²) >= 11 is 0. The topological polar surface area (TPSA) is 35.6 Å². The molecule has 3 heterocycles. The normalized spacial score (nSPS) is 38.2. The predicted molar refractivity (Wildman–Crippen MR) is 83.2 cm³/mol. The minimum atomic E-state index is 0. The van der Waals surface area contributed by atoms with Gasteiger partial charge in [0.1, 0.15) is 0 Å². The van der Waals surface area contributed by atoms with Crippen LogP contribution in [0, 0.1) is 11.8 Å². The Bertz CT molecular complexity index is 352. The molecule has 0 aromatic heterocycles. The predicted octanol–water partition coefficient (Wildman–Crippen LogP) is 1.35. The van der Waals surface area contributed by atoms with E-state index in [1.54, 1.807) is 0 Å². The van der Waals surface area contributed by atoms with E-state index in [0.29, 0.717) is 23.9 Å². The molecule has 0 aromatic rings. The third-order valence-electron chi connectivity index (χ3n) is 5.31. The molecule has 0 radical (unpaired) electrons. The number of nitrogens with zero attached hydrogens (tertiary/aromatic N) is 2. The maximum Gasteiger partial charge on any atom is 0.227 e. The van der Waals surface area contributed by atoms with Gasteiger partial charge >= 0.3 is 0 Å². The van der Waals surface area contributed by atoms with E-state index >= 15 is 0 Å². The van der Waals surface area contributed by atoms with Crippen molar-refractivity contribution in [1.82, 2.24) is 15.1 Å². The maximum absolute atomic E-state index is 12.8. The van der Waals surface area contributed by atoms with Gasteiger partial charge in [-0.2, -0.15) is 0 Å². The number of halogens is 1. The van der Waals surface area contributed by atoms with Gasteiger partial charge < -0.3 is 10.2 Å². The lowest BCUT2D eigenvalue weighted by Gasteiger charge is -2.48. The Morgan fingerprint density at radius 1 is 1.15 bits per heavy atom. The van der Waals surface area contributed by atoms with Crippen molar-refractivity contribution in [2.24, 2.45) is 11.8 Å². The summed E-state index contributed by atoms with van der Waals surface area (Å²) in [6, 6.07) is 1.01. The molecule has 3 fully saturated rings. The highest BCUT2D eigenvalue weighted by Gasteiger charge is 2.39. The van der Waals surface area contributed by atoms with E-state index in [4.69, 9.17) is 0 Å².